The summed E-state index contributed by atoms with van der Waals surface area (Å²) in [7, 11) is -3.51. The monoisotopic (exact) mass is 242 g/mol. The van der Waals surface area contributed by atoms with Crippen LogP contribution in [-0.4, -0.2) is 24.4 Å². The summed E-state index contributed by atoms with van der Waals surface area (Å²) in [6, 6.07) is -0.0393. The Morgan fingerprint density at radius 2 is 2.00 bits per heavy atom. The van der Waals surface area contributed by atoms with Gasteiger partial charge in [-0.2, -0.15) is 0 Å². The van der Waals surface area contributed by atoms with Crippen molar-refractivity contribution in [2.24, 2.45) is 5.92 Å². The van der Waals surface area contributed by atoms with Crippen LogP contribution in [0.4, 0.5) is 5.95 Å². The molecule has 0 radical (unpaired) electrons. The van der Waals surface area contributed by atoms with E-state index in [-0.39, 0.29) is 16.9 Å². The Bertz CT molecular complexity index is 467. The highest BCUT2D eigenvalue weighted by atomic mass is 32.2. The van der Waals surface area contributed by atoms with Crippen LogP contribution in [0.3, 0.4) is 0 Å². The van der Waals surface area contributed by atoms with Crippen LogP contribution in [0, 0.1) is 5.92 Å². The molecule has 7 heteroatoms. The van der Waals surface area contributed by atoms with Crippen LogP contribution in [0.25, 0.3) is 0 Å². The van der Waals surface area contributed by atoms with Gasteiger partial charge in [-0.3, -0.25) is 0 Å². The fourth-order valence-electron chi connectivity index (χ4n) is 1.47. The van der Waals surface area contributed by atoms with Crippen molar-refractivity contribution in [2.75, 3.05) is 5.73 Å². The third-order valence-electron chi connectivity index (χ3n) is 2.63. The molecule has 3 N–H and O–H groups in total. The van der Waals surface area contributed by atoms with Crippen LogP contribution in [0.1, 0.15) is 19.8 Å². The standard InChI is InChI=1S/C9H14N4O2S/c1-6(7-2-3-7)13-16(14,15)8-4-11-9(10)12-5-8/h4-7,13H,2-3H2,1H3,(H2,10,11,12). The number of rotatable bonds is 4. The molecule has 6 nitrogen and oxygen atoms in total. The zero-order valence-electron chi connectivity index (χ0n) is 8.92. The van der Waals surface area contributed by atoms with E-state index in [4.69, 9.17) is 5.73 Å². The number of nitrogens with zero attached hydrogens (tertiary/aromatic N) is 2. The Morgan fingerprint density at radius 1 is 1.44 bits per heavy atom. The van der Waals surface area contributed by atoms with E-state index in [0.29, 0.717) is 5.92 Å². The summed E-state index contributed by atoms with van der Waals surface area (Å²) >= 11 is 0. The van der Waals surface area contributed by atoms with Gasteiger partial charge in [0, 0.05) is 6.04 Å². The first-order valence-electron chi connectivity index (χ1n) is 5.09. The van der Waals surface area contributed by atoms with Crippen molar-refractivity contribution in [3.63, 3.8) is 0 Å². The molecular formula is C9H14N4O2S. The van der Waals surface area contributed by atoms with Crippen molar-refractivity contribution in [1.82, 2.24) is 14.7 Å². The predicted octanol–water partition coefficient (Wildman–Crippen LogP) is 0.136. The van der Waals surface area contributed by atoms with E-state index >= 15 is 0 Å². The van der Waals surface area contributed by atoms with Crippen molar-refractivity contribution < 1.29 is 8.42 Å². The highest BCUT2D eigenvalue weighted by Crippen LogP contribution is 2.32. The zero-order chi connectivity index (χ0) is 11.8. The summed E-state index contributed by atoms with van der Waals surface area (Å²) < 4.78 is 26.3. The number of nitrogens with one attached hydrogen (secondary N) is 1. The Morgan fingerprint density at radius 3 is 2.50 bits per heavy atom. The predicted molar refractivity (Wildman–Crippen MR) is 59.0 cm³/mol. The molecule has 1 aliphatic rings. The quantitative estimate of drug-likeness (QED) is 0.782. The molecule has 0 saturated heterocycles. The van der Waals surface area contributed by atoms with Crippen LogP contribution < -0.4 is 10.5 Å². The Kier molecular flexibility index (Phi) is 2.81. The van der Waals surface area contributed by atoms with E-state index in [1.165, 1.54) is 12.4 Å². The molecule has 0 aromatic carbocycles. The summed E-state index contributed by atoms with van der Waals surface area (Å²) in [4.78, 5) is 7.37. The molecule has 1 heterocycles. The summed E-state index contributed by atoms with van der Waals surface area (Å²) in [6.07, 6.45) is 4.60. The van der Waals surface area contributed by atoms with E-state index in [0.717, 1.165) is 12.8 Å². The number of nitrogen functional groups attached to an aromatic ring is 1. The van der Waals surface area contributed by atoms with Crippen LogP contribution in [0.15, 0.2) is 17.3 Å². The molecular weight excluding hydrogens is 228 g/mol. The lowest BCUT2D eigenvalue weighted by Crippen LogP contribution is -2.34. The lowest BCUT2D eigenvalue weighted by atomic mass is 10.2. The molecule has 0 spiro atoms. The lowest BCUT2D eigenvalue weighted by Gasteiger charge is -2.12. The highest BCUT2D eigenvalue weighted by molar-refractivity contribution is 7.89. The first-order chi connectivity index (χ1) is 7.49. The maximum atomic E-state index is 11.9. The maximum absolute atomic E-state index is 11.9. The molecule has 1 saturated carbocycles. The average molecular weight is 242 g/mol. The van der Waals surface area contributed by atoms with E-state index in [2.05, 4.69) is 14.7 Å². The van der Waals surface area contributed by atoms with Crippen molar-refractivity contribution in [1.29, 1.82) is 0 Å². The minimum atomic E-state index is -3.51. The molecule has 0 amide bonds. The zero-order valence-corrected chi connectivity index (χ0v) is 9.74. The van der Waals surface area contributed by atoms with Crippen molar-refractivity contribution >= 4 is 16.0 Å². The molecule has 1 aromatic heterocycles. The van der Waals surface area contributed by atoms with Gasteiger partial charge in [0.1, 0.15) is 4.90 Å². The van der Waals surface area contributed by atoms with Gasteiger partial charge in [0.05, 0.1) is 12.4 Å². The van der Waals surface area contributed by atoms with Crippen LogP contribution in [-0.2, 0) is 10.0 Å². The van der Waals surface area contributed by atoms with E-state index < -0.39 is 10.0 Å². The highest BCUT2D eigenvalue weighted by Gasteiger charge is 2.31. The molecule has 1 aromatic rings. The average Bonchev–Trinajstić information content (AvgIpc) is 3.00. The largest absolute Gasteiger partial charge is 0.368 e. The molecule has 0 aliphatic heterocycles. The smallest absolute Gasteiger partial charge is 0.243 e. The van der Waals surface area contributed by atoms with Crippen molar-refractivity contribution in [3.8, 4) is 0 Å². The van der Waals surface area contributed by atoms with Gasteiger partial charge >= 0.3 is 0 Å². The molecule has 0 bridgehead atoms. The molecule has 1 atom stereocenters. The Balaban J connectivity index is 2.14. The molecule has 16 heavy (non-hydrogen) atoms. The fraction of sp³-hybridized carbons (Fsp3) is 0.556. The van der Waals surface area contributed by atoms with E-state index in [1.807, 2.05) is 6.92 Å². The normalized spacial score (nSPS) is 18.3. The van der Waals surface area contributed by atoms with E-state index in [1.54, 1.807) is 0 Å². The molecule has 1 fully saturated rings. The molecule has 1 aliphatic carbocycles. The van der Waals surface area contributed by atoms with Gasteiger partial charge < -0.3 is 5.73 Å². The SMILES string of the molecule is CC(NS(=O)(=O)c1cnc(N)nc1)C1CC1. The van der Waals surface area contributed by atoms with Crippen molar-refractivity contribution in [3.05, 3.63) is 12.4 Å². The topological polar surface area (TPSA) is 98.0 Å². The summed E-state index contributed by atoms with van der Waals surface area (Å²) in [6.45, 7) is 1.87. The van der Waals surface area contributed by atoms with Crippen molar-refractivity contribution in [2.45, 2.75) is 30.7 Å². The Labute approximate surface area is 94.3 Å². The summed E-state index contributed by atoms with van der Waals surface area (Å²) in [5.74, 6) is 0.527. The first-order valence-corrected chi connectivity index (χ1v) is 6.57. The fourth-order valence-corrected chi connectivity index (χ4v) is 2.67. The summed E-state index contributed by atoms with van der Waals surface area (Å²) in [5.41, 5.74) is 5.29. The third kappa shape index (κ3) is 2.48. The molecule has 88 valence electrons. The van der Waals surface area contributed by atoms with Gasteiger partial charge in [-0.15, -0.1) is 0 Å². The van der Waals surface area contributed by atoms with Gasteiger partial charge in [-0.1, -0.05) is 0 Å². The molecule has 2 rings (SSSR count). The minimum absolute atomic E-state index is 0.0393. The van der Waals surface area contributed by atoms with Gasteiger partial charge in [0.2, 0.25) is 16.0 Å². The number of sulfonamides is 1. The van der Waals surface area contributed by atoms with Gasteiger partial charge in [-0.05, 0) is 25.7 Å². The number of aromatic nitrogens is 2. The summed E-state index contributed by atoms with van der Waals surface area (Å²) in [5, 5.41) is 0. The first kappa shape index (κ1) is 11.3. The second-order valence-corrected chi connectivity index (χ2v) is 5.74. The van der Waals surface area contributed by atoms with E-state index in [9.17, 15) is 8.42 Å². The maximum Gasteiger partial charge on any atom is 0.243 e. The lowest BCUT2D eigenvalue weighted by molar-refractivity contribution is 0.537. The minimum Gasteiger partial charge on any atom is -0.368 e. The van der Waals surface area contributed by atoms with Crippen LogP contribution in [0.2, 0.25) is 0 Å². The molecule has 1 unspecified atom stereocenters. The number of anilines is 1. The van der Waals surface area contributed by atoms with Crippen LogP contribution >= 0.6 is 0 Å². The van der Waals surface area contributed by atoms with Gasteiger partial charge in [0.25, 0.3) is 0 Å². The second kappa shape index (κ2) is 3.99. The number of nitrogens with two attached hydrogens (primary N) is 1. The van der Waals surface area contributed by atoms with Gasteiger partial charge in [-0.25, -0.2) is 23.1 Å². The van der Waals surface area contributed by atoms with Gasteiger partial charge in [0.15, 0.2) is 0 Å². The number of hydrogen-bond donors (Lipinski definition) is 2. The third-order valence-corrected chi connectivity index (χ3v) is 4.14. The second-order valence-electron chi connectivity index (χ2n) is 4.02. The Hall–Kier alpha value is -1.21. The number of hydrogen-bond acceptors (Lipinski definition) is 5. The van der Waals surface area contributed by atoms with Crippen LogP contribution in [0.5, 0.6) is 0 Å².